The number of nitrogens with one attached hydrogen (secondary N) is 1. The maximum absolute atomic E-state index is 12.5. The number of rotatable bonds is 5. The Morgan fingerprint density at radius 2 is 1.70 bits per heavy atom. The number of piperidine rings is 1. The molecule has 130 valence electrons. The fourth-order valence-corrected chi connectivity index (χ4v) is 3.17. The number of carboxylic acids is 1. The summed E-state index contributed by atoms with van der Waals surface area (Å²) in [4.78, 5) is 24.1. The first kappa shape index (κ1) is 19.4. The van der Waals surface area contributed by atoms with Crippen LogP contribution in [-0.2, 0) is 14.3 Å². The van der Waals surface area contributed by atoms with E-state index in [2.05, 4.69) is 33.0 Å². The van der Waals surface area contributed by atoms with Crippen LogP contribution in [0.5, 0.6) is 0 Å². The van der Waals surface area contributed by atoms with Gasteiger partial charge < -0.3 is 15.2 Å². The molecule has 0 radical (unpaired) electrons. The molecule has 1 rings (SSSR count). The van der Waals surface area contributed by atoms with Crippen molar-refractivity contribution in [1.82, 2.24) is 5.32 Å². The first-order valence-electron chi connectivity index (χ1n) is 7.96. The van der Waals surface area contributed by atoms with E-state index in [1.807, 2.05) is 6.92 Å². The third-order valence-corrected chi connectivity index (χ3v) is 4.03. The van der Waals surface area contributed by atoms with E-state index in [-0.39, 0.29) is 17.2 Å². The minimum absolute atomic E-state index is 0.174. The van der Waals surface area contributed by atoms with Gasteiger partial charge in [-0.15, -0.1) is 0 Å². The zero-order valence-electron chi connectivity index (χ0n) is 15.0. The Morgan fingerprint density at radius 3 is 2.13 bits per heavy atom. The average Bonchev–Trinajstić information content (AvgIpc) is 2.34. The molecule has 5 nitrogen and oxygen atoms in total. The van der Waals surface area contributed by atoms with Gasteiger partial charge in [-0.3, -0.25) is 9.59 Å². The number of carbonyl (C=O) groups excluding carboxylic acids is 1. The lowest BCUT2D eigenvalue weighted by Gasteiger charge is -2.46. The minimum Gasteiger partial charge on any atom is -0.480 e. The van der Waals surface area contributed by atoms with Crippen LogP contribution in [0.25, 0.3) is 0 Å². The van der Waals surface area contributed by atoms with Crippen molar-refractivity contribution in [3.8, 4) is 0 Å². The molecule has 0 aromatic rings. The molecule has 23 heavy (non-hydrogen) atoms. The van der Waals surface area contributed by atoms with Crippen LogP contribution < -0.4 is 5.32 Å². The average molecular weight is 323 g/mol. The van der Waals surface area contributed by atoms with Crippen molar-refractivity contribution >= 4 is 11.9 Å². The molecule has 1 fully saturated rings. The summed E-state index contributed by atoms with van der Waals surface area (Å²) in [5.41, 5.74) is -2.03. The van der Waals surface area contributed by atoms with Crippen LogP contribution in [0.4, 0.5) is 0 Å². The zero-order chi connectivity index (χ0) is 17.9. The van der Waals surface area contributed by atoms with Gasteiger partial charge >= 0.3 is 11.9 Å². The normalized spacial score (nSPS) is 23.7. The lowest BCUT2D eigenvalue weighted by atomic mass is 9.80. The maximum Gasteiger partial charge on any atom is 0.327 e. The maximum atomic E-state index is 12.5. The summed E-state index contributed by atoms with van der Waals surface area (Å²) in [7, 11) is 0. The van der Waals surface area contributed by atoms with Crippen molar-refractivity contribution in [2.75, 3.05) is 0 Å². The molecular formula is C18H29NO4. The van der Waals surface area contributed by atoms with Crippen molar-refractivity contribution in [2.24, 2.45) is 5.41 Å². The lowest BCUT2D eigenvalue weighted by molar-refractivity contribution is -0.170. The molecule has 2 N–H and O–H groups in total. The van der Waals surface area contributed by atoms with Gasteiger partial charge in [-0.05, 0) is 41.5 Å². The Kier molecular flexibility index (Phi) is 5.80. The molecule has 1 atom stereocenters. The first-order chi connectivity index (χ1) is 10.4. The molecule has 0 aliphatic carbocycles. The Labute approximate surface area is 138 Å². The summed E-state index contributed by atoms with van der Waals surface area (Å²) in [6.07, 6.45) is 7.38. The van der Waals surface area contributed by atoms with Crippen LogP contribution in [-0.4, -0.2) is 34.2 Å². The van der Waals surface area contributed by atoms with Crippen molar-refractivity contribution in [2.45, 2.75) is 71.6 Å². The highest BCUT2D eigenvalue weighted by atomic mass is 16.5. The molecule has 5 heteroatoms. The Bertz CT molecular complexity index is 503. The summed E-state index contributed by atoms with van der Waals surface area (Å²) < 4.78 is 5.58. The van der Waals surface area contributed by atoms with E-state index in [1.165, 1.54) is 13.0 Å². The summed E-state index contributed by atoms with van der Waals surface area (Å²) in [6.45, 7) is 11.4. The summed E-state index contributed by atoms with van der Waals surface area (Å²) >= 11 is 0. The SMILES string of the molecule is C/C=C\C=C/C(C)(C(=O)O)C(=O)OC1CC(C)(C)NC(C)(C)C1. The van der Waals surface area contributed by atoms with Gasteiger partial charge in [0.1, 0.15) is 6.10 Å². The number of hydrogen-bond donors (Lipinski definition) is 2. The van der Waals surface area contributed by atoms with Gasteiger partial charge in [-0.1, -0.05) is 24.3 Å². The molecule has 1 aliphatic rings. The second kappa shape index (κ2) is 6.87. The van der Waals surface area contributed by atoms with E-state index in [1.54, 1.807) is 18.2 Å². The van der Waals surface area contributed by atoms with Gasteiger partial charge in [0.25, 0.3) is 0 Å². The van der Waals surface area contributed by atoms with Gasteiger partial charge in [0.05, 0.1) is 0 Å². The monoisotopic (exact) mass is 323 g/mol. The molecule has 1 unspecified atom stereocenters. The first-order valence-corrected chi connectivity index (χ1v) is 7.96. The molecule has 1 aliphatic heterocycles. The molecule has 0 bridgehead atoms. The standard InChI is InChI=1S/C18H29NO4/c1-7-8-9-10-18(6,14(20)21)15(22)23-13-11-16(2,3)19-17(4,5)12-13/h7-10,13,19H,11-12H2,1-6H3,(H,20,21)/b8-7-,10-9-. The highest BCUT2D eigenvalue weighted by molar-refractivity contribution is 6.01. The predicted molar refractivity (Wildman–Crippen MR) is 90.1 cm³/mol. The number of ether oxygens (including phenoxy) is 1. The van der Waals surface area contributed by atoms with Crippen molar-refractivity contribution in [1.29, 1.82) is 0 Å². The van der Waals surface area contributed by atoms with E-state index in [4.69, 9.17) is 4.74 Å². The van der Waals surface area contributed by atoms with E-state index in [0.717, 1.165) is 0 Å². The summed E-state index contributed by atoms with van der Waals surface area (Å²) in [5.74, 6) is -1.93. The van der Waals surface area contributed by atoms with Crippen LogP contribution >= 0.6 is 0 Å². The van der Waals surface area contributed by atoms with Crippen LogP contribution in [0.1, 0.15) is 54.4 Å². The van der Waals surface area contributed by atoms with Gasteiger partial charge in [-0.25, -0.2) is 0 Å². The minimum atomic E-state index is -1.68. The van der Waals surface area contributed by atoms with Gasteiger partial charge in [-0.2, -0.15) is 0 Å². The fraction of sp³-hybridized carbons (Fsp3) is 0.667. The quantitative estimate of drug-likeness (QED) is 0.462. The lowest BCUT2D eigenvalue weighted by Crippen LogP contribution is -2.60. The van der Waals surface area contributed by atoms with Crippen molar-refractivity contribution in [3.63, 3.8) is 0 Å². The third kappa shape index (κ3) is 5.20. The van der Waals surface area contributed by atoms with Crippen LogP contribution in [0.2, 0.25) is 0 Å². The predicted octanol–water partition coefficient (Wildman–Crippen LogP) is 3.06. The van der Waals surface area contributed by atoms with E-state index >= 15 is 0 Å². The Balaban J connectivity index is 2.92. The molecule has 0 saturated carbocycles. The number of aliphatic carboxylic acids is 1. The summed E-state index contributed by atoms with van der Waals surface area (Å²) in [6, 6.07) is 0. The van der Waals surface area contributed by atoms with Crippen LogP contribution in [0, 0.1) is 5.41 Å². The topological polar surface area (TPSA) is 75.6 Å². The largest absolute Gasteiger partial charge is 0.480 e. The Morgan fingerprint density at radius 1 is 1.17 bits per heavy atom. The van der Waals surface area contributed by atoms with Gasteiger partial charge in [0.2, 0.25) is 0 Å². The van der Waals surface area contributed by atoms with Crippen molar-refractivity contribution < 1.29 is 19.4 Å². The van der Waals surface area contributed by atoms with E-state index in [9.17, 15) is 14.7 Å². The van der Waals surface area contributed by atoms with Crippen LogP contribution in [0.3, 0.4) is 0 Å². The third-order valence-electron chi connectivity index (χ3n) is 4.03. The molecular weight excluding hydrogens is 294 g/mol. The second-order valence-electron chi connectivity index (χ2n) is 7.72. The van der Waals surface area contributed by atoms with Gasteiger partial charge in [0.15, 0.2) is 5.41 Å². The fourth-order valence-electron chi connectivity index (χ4n) is 3.17. The molecule has 0 spiro atoms. The molecule has 0 amide bonds. The van der Waals surface area contributed by atoms with E-state index < -0.39 is 17.4 Å². The Hall–Kier alpha value is -1.62. The number of allylic oxidation sites excluding steroid dienone is 3. The smallest absolute Gasteiger partial charge is 0.327 e. The zero-order valence-corrected chi connectivity index (χ0v) is 15.0. The molecule has 0 aromatic carbocycles. The highest BCUT2D eigenvalue weighted by Crippen LogP contribution is 2.32. The van der Waals surface area contributed by atoms with E-state index in [0.29, 0.717) is 12.8 Å². The molecule has 0 aromatic heterocycles. The second-order valence-corrected chi connectivity index (χ2v) is 7.72. The molecule has 1 saturated heterocycles. The summed E-state index contributed by atoms with van der Waals surface area (Å²) in [5, 5.41) is 13.0. The number of carboxylic acid groups (broad SMARTS) is 1. The van der Waals surface area contributed by atoms with Crippen LogP contribution in [0.15, 0.2) is 24.3 Å². The number of hydrogen-bond acceptors (Lipinski definition) is 4. The van der Waals surface area contributed by atoms with Crippen molar-refractivity contribution in [3.05, 3.63) is 24.3 Å². The molecule has 1 heterocycles. The number of carbonyl (C=O) groups is 2. The van der Waals surface area contributed by atoms with Gasteiger partial charge in [0, 0.05) is 23.9 Å². The number of esters is 1. The highest BCUT2D eigenvalue weighted by Gasteiger charge is 2.45.